The van der Waals surface area contributed by atoms with Crippen molar-refractivity contribution in [3.05, 3.63) is 70.8 Å². The molecule has 204 valence electrons. The Labute approximate surface area is 235 Å². The zero-order chi connectivity index (χ0) is 27.0. The van der Waals surface area contributed by atoms with E-state index < -0.39 is 5.91 Å². The van der Waals surface area contributed by atoms with Gasteiger partial charge in [0.2, 0.25) is 5.91 Å². The number of carbonyl (C=O) groups excluding carboxylic acids is 1. The monoisotopic (exact) mass is 544 g/mol. The summed E-state index contributed by atoms with van der Waals surface area (Å²) in [6, 6.07) is 13.6. The number of carbonyl (C=O) groups is 1. The topological polar surface area (TPSA) is 55.6 Å². The number of benzene rings is 2. The van der Waals surface area contributed by atoms with Crippen molar-refractivity contribution in [2.75, 3.05) is 30.3 Å². The predicted octanol–water partition coefficient (Wildman–Crippen LogP) is 7.99. The average Bonchev–Trinajstić information content (AvgIpc) is 2.90. The third kappa shape index (κ3) is 11.4. The van der Waals surface area contributed by atoms with Crippen molar-refractivity contribution in [1.29, 1.82) is 0 Å². The first-order valence-corrected chi connectivity index (χ1v) is 14.7. The molecule has 0 radical (unpaired) electrons. The van der Waals surface area contributed by atoms with Gasteiger partial charge in [0.1, 0.15) is 5.75 Å². The zero-order valence-electron chi connectivity index (χ0n) is 22.8. The van der Waals surface area contributed by atoms with Crippen molar-refractivity contribution >= 4 is 35.8 Å². The van der Waals surface area contributed by atoms with E-state index in [-0.39, 0.29) is 0 Å². The fourth-order valence-electron chi connectivity index (χ4n) is 4.33. The number of halogens is 1. The highest BCUT2D eigenvalue weighted by Gasteiger charge is 2.17. The van der Waals surface area contributed by atoms with Crippen LogP contribution in [0.25, 0.3) is 0 Å². The molecule has 37 heavy (non-hydrogen) atoms. The molecule has 0 aromatic heterocycles. The van der Waals surface area contributed by atoms with Crippen LogP contribution in [0.3, 0.4) is 0 Å². The molecule has 2 rings (SSSR count). The number of ether oxygens (including phenoxy) is 1. The van der Waals surface area contributed by atoms with E-state index in [1.54, 1.807) is 6.07 Å². The highest BCUT2D eigenvalue weighted by Crippen LogP contribution is 2.31. The number of amides is 1. The molecule has 0 fully saturated rings. The smallest absolute Gasteiger partial charge is 0.248 e. The van der Waals surface area contributed by atoms with Crippen LogP contribution < -0.4 is 15.4 Å². The number of unbranched alkanes of at least 4 members (excludes halogenated alkanes) is 1. The maximum Gasteiger partial charge on any atom is 0.248 e. The van der Waals surface area contributed by atoms with Crippen molar-refractivity contribution in [3.63, 3.8) is 0 Å². The largest absolute Gasteiger partial charge is 0.491 e. The normalized spacial score (nSPS) is 13.0. The summed E-state index contributed by atoms with van der Waals surface area (Å²) >= 11 is 10.5. The van der Waals surface area contributed by atoms with Gasteiger partial charge in [0, 0.05) is 23.7 Å². The van der Waals surface area contributed by atoms with Crippen LogP contribution in [0.4, 0.5) is 5.69 Å². The van der Waals surface area contributed by atoms with Crippen LogP contribution in [0.1, 0.15) is 75.2 Å². The van der Waals surface area contributed by atoms with Gasteiger partial charge in [-0.1, -0.05) is 56.2 Å². The Morgan fingerprint density at radius 3 is 2.65 bits per heavy atom. The molecular weight excluding hydrogens is 500 g/mol. The number of hydrogen-bond acceptors (Lipinski definition) is 4. The summed E-state index contributed by atoms with van der Waals surface area (Å²) in [6.07, 6.45) is 11.9. The lowest BCUT2D eigenvalue weighted by molar-refractivity contribution is 0.1000. The third-order valence-electron chi connectivity index (χ3n) is 6.79. The highest BCUT2D eigenvalue weighted by molar-refractivity contribution is 7.80. The molecule has 0 saturated carbocycles. The first-order valence-electron chi connectivity index (χ1n) is 13.7. The summed E-state index contributed by atoms with van der Waals surface area (Å²) in [7, 11) is 0. The molecule has 0 spiro atoms. The van der Waals surface area contributed by atoms with Gasteiger partial charge >= 0.3 is 0 Å². The van der Waals surface area contributed by atoms with E-state index in [9.17, 15) is 4.79 Å². The minimum atomic E-state index is -0.419. The molecule has 0 saturated heterocycles. The maximum atomic E-state index is 11.9. The standard InChI is InChI=1S/C31H45ClN2O2S/c1-4-25(13-8-6-7-12-24(3)23-37)22-34(5-2)29-21-27(31(33)35)17-18-30(29)36-19-10-9-14-26-15-11-16-28(32)20-26/h6-7,11,15-18,20-21,24-25,37H,4-5,8-10,12-14,19,22-23H2,1-3H3,(H2,33,35)/b7-6+. The van der Waals surface area contributed by atoms with E-state index in [1.807, 2.05) is 30.3 Å². The number of rotatable bonds is 18. The first-order chi connectivity index (χ1) is 17.9. The van der Waals surface area contributed by atoms with Gasteiger partial charge in [-0.15, -0.1) is 0 Å². The molecule has 2 atom stereocenters. The highest BCUT2D eigenvalue weighted by atomic mass is 35.5. The van der Waals surface area contributed by atoms with Gasteiger partial charge in [0.05, 0.1) is 12.3 Å². The SMILES string of the molecule is CCC(CC/C=C/CC(C)CS)CN(CC)c1cc(C(N)=O)ccc1OCCCCc1cccc(Cl)c1. The van der Waals surface area contributed by atoms with Crippen LogP contribution in [0.2, 0.25) is 5.02 Å². The Hall–Kier alpha value is -2.11. The number of hydrogen-bond donors (Lipinski definition) is 2. The molecule has 0 bridgehead atoms. The van der Waals surface area contributed by atoms with E-state index in [2.05, 4.69) is 56.5 Å². The number of aryl methyl sites for hydroxylation is 1. The van der Waals surface area contributed by atoms with Crippen molar-refractivity contribution in [2.24, 2.45) is 17.6 Å². The molecule has 0 aliphatic heterocycles. The minimum Gasteiger partial charge on any atom is -0.491 e. The van der Waals surface area contributed by atoms with Gasteiger partial charge in [-0.25, -0.2) is 0 Å². The number of anilines is 1. The van der Waals surface area contributed by atoms with Gasteiger partial charge in [0.25, 0.3) is 0 Å². The van der Waals surface area contributed by atoms with Crippen molar-refractivity contribution in [3.8, 4) is 5.75 Å². The van der Waals surface area contributed by atoms with E-state index in [0.717, 1.165) is 80.2 Å². The predicted molar refractivity (Wildman–Crippen MR) is 163 cm³/mol. The summed E-state index contributed by atoms with van der Waals surface area (Å²) in [5, 5.41) is 0.775. The van der Waals surface area contributed by atoms with Crippen LogP contribution in [-0.4, -0.2) is 31.4 Å². The fourth-order valence-corrected chi connectivity index (χ4v) is 4.69. The number of thiol groups is 1. The van der Waals surface area contributed by atoms with Crippen molar-refractivity contribution in [1.82, 2.24) is 0 Å². The lowest BCUT2D eigenvalue weighted by Crippen LogP contribution is -2.30. The fraction of sp³-hybridized carbons (Fsp3) is 0.516. The lowest BCUT2D eigenvalue weighted by Gasteiger charge is -2.30. The quantitative estimate of drug-likeness (QED) is 0.114. The molecule has 2 aromatic rings. The molecule has 0 aliphatic rings. The van der Waals surface area contributed by atoms with E-state index in [1.165, 1.54) is 5.56 Å². The van der Waals surface area contributed by atoms with E-state index >= 15 is 0 Å². The Balaban J connectivity index is 2.00. The molecule has 6 heteroatoms. The Morgan fingerprint density at radius 1 is 1.16 bits per heavy atom. The summed E-state index contributed by atoms with van der Waals surface area (Å²) in [4.78, 5) is 14.3. The zero-order valence-corrected chi connectivity index (χ0v) is 24.4. The number of nitrogens with two attached hydrogens (primary N) is 1. The average molecular weight is 545 g/mol. The molecule has 0 heterocycles. The van der Waals surface area contributed by atoms with Gasteiger partial charge < -0.3 is 15.4 Å². The molecule has 2 unspecified atom stereocenters. The van der Waals surface area contributed by atoms with Crippen LogP contribution >= 0.6 is 24.2 Å². The Bertz CT molecular complexity index is 981. The second kappa shape index (κ2) is 17.4. The van der Waals surface area contributed by atoms with E-state index in [4.69, 9.17) is 22.1 Å². The van der Waals surface area contributed by atoms with Gasteiger partial charge in [0.15, 0.2) is 0 Å². The second-order valence-electron chi connectivity index (χ2n) is 9.87. The molecule has 2 aromatic carbocycles. The minimum absolute atomic E-state index is 0.419. The van der Waals surface area contributed by atoms with Crippen LogP contribution in [0, 0.1) is 11.8 Å². The molecular formula is C31H45ClN2O2S. The Kier molecular flexibility index (Phi) is 14.6. The Morgan fingerprint density at radius 2 is 1.97 bits per heavy atom. The second-order valence-corrected chi connectivity index (χ2v) is 10.7. The maximum absolute atomic E-state index is 11.9. The molecule has 4 nitrogen and oxygen atoms in total. The number of allylic oxidation sites excluding steroid dienone is 2. The van der Waals surface area contributed by atoms with Gasteiger partial charge in [-0.3, -0.25) is 4.79 Å². The van der Waals surface area contributed by atoms with Crippen LogP contribution in [-0.2, 0) is 6.42 Å². The molecule has 2 N–H and O–H groups in total. The summed E-state index contributed by atoms with van der Waals surface area (Å²) < 4.78 is 6.24. The van der Waals surface area contributed by atoms with Crippen molar-refractivity contribution in [2.45, 2.75) is 65.7 Å². The third-order valence-corrected chi connectivity index (χ3v) is 7.65. The lowest BCUT2D eigenvalue weighted by atomic mass is 9.98. The van der Waals surface area contributed by atoms with Crippen molar-refractivity contribution < 1.29 is 9.53 Å². The summed E-state index contributed by atoms with van der Waals surface area (Å²) in [5.74, 6) is 2.48. The summed E-state index contributed by atoms with van der Waals surface area (Å²) in [5.41, 5.74) is 8.32. The number of primary amides is 1. The molecule has 0 aliphatic carbocycles. The first kappa shape index (κ1) is 31.1. The number of nitrogens with zero attached hydrogens (tertiary/aromatic N) is 1. The summed E-state index contributed by atoms with van der Waals surface area (Å²) in [6.45, 7) is 9.00. The van der Waals surface area contributed by atoms with Crippen LogP contribution in [0.15, 0.2) is 54.6 Å². The van der Waals surface area contributed by atoms with Gasteiger partial charge in [-0.05, 0) is 98.9 Å². The molecule has 1 amide bonds. The van der Waals surface area contributed by atoms with Crippen LogP contribution in [0.5, 0.6) is 5.75 Å². The van der Waals surface area contributed by atoms with E-state index in [0.29, 0.717) is 24.0 Å². The van der Waals surface area contributed by atoms with Gasteiger partial charge in [-0.2, -0.15) is 12.6 Å².